The van der Waals surface area contributed by atoms with E-state index in [4.69, 9.17) is 9.97 Å². The average molecular weight is 647 g/mol. The maximum atomic E-state index is 5.37. The van der Waals surface area contributed by atoms with Crippen LogP contribution in [0.3, 0.4) is 0 Å². The molecule has 2 heteroatoms. The van der Waals surface area contributed by atoms with Gasteiger partial charge in [-0.25, -0.2) is 9.97 Å². The Morgan fingerprint density at radius 2 is 0.843 bits per heavy atom. The Labute approximate surface area is 296 Å². The maximum Gasteiger partial charge on any atom is 0.161 e. The Morgan fingerprint density at radius 1 is 0.333 bits per heavy atom. The van der Waals surface area contributed by atoms with Gasteiger partial charge in [-0.1, -0.05) is 170 Å². The number of benzene rings is 8. The first-order chi connectivity index (χ1) is 25.3. The lowest BCUT2D eigenvalue weighted by Gasteiger charge is -2.31. The zero-order valence-electron chi connectivity index (χ0n) is 27.7. The van der Waals surface area contributed by atoms with Gasteiger partial charge in [0.15, 0.2) is 5.82 Å². The largest absolute Gasteiger partial charge is 0.228 e. The minimum atomic E-state index is -0.500. The molecule has 9 aromatic rings. The van der Waals surface area contributed by atoms with Crippen LogP contribution in [0.15, 0.2) is 182 Å². The normalized spacial score (nSPS) is 13.3. The van der Waals surface area contributed by atoms with Crippen LogP contribution < -0.4 is 0 Å². The molecule has 0 radical (unpaired) electrons. The fraction of sp³-hybridized carbons (Fsp3) is 0.0204. The molecule has 1 heterocycles. The number of aromatic nitrogens is 2. The van der Waals surface area contributed by atoms with Gasteiger partial charge < -0.3 is 0 Å². The Kier molecular flexibility index (Phi) is 5.91. The van der Waals surface area contributed by atoms with Crippen molar-refractivity contribution in [3.05, 3.63) is 204 Å². The number of hydrogen-bond donors (Lipinski definition) is 0. The molecular weight excluding hydrogens is 617 g/mol. The predicted molar refractivity (Wildman–Crippen MR) is 210 cm³/mol. The van der Waals surface area contributed by atoms with Crippen molar-refractivity contribution in [1.82, 2.24) is 9.97 Å². The molecule has 2 aliphatic carbocycles. The van der Waals surface area contributed by atoms with Gasteiger partial charge in [0.05, 0.1) is 16.8 Å². The van der Waals surface area contributed by atoms with E-state index in [1.165, 1.54) is 60.7 Å². The van der Waals surface area contributed by atoms with Gasteiger partial charge in [0, 0.05) is 16.7 Å². The third-order valence-corrected chi connectivity index (χ3v) is 11.1. The highest BCUT2D eigenvalue weighted by Gasteiger charge is 2.52. The van der Waals surface area contributed by atoms with E-state index in [0.29, 0.717) is 0 Å². The molecule has 0 unspecified atom stereocenters. The number of nitrogens with zero attached hydrogens (tertiary/aromatic N) is 2. The molecule has 0 N–H and O–H groups in total. The van der Waals surface area contributed by atoms with E-state index in [9.17, 15) is 0 Å². The van der Waals surface area contributed by atoms with E-state index in [1.807, 2.05) is 0 Å². The Hall–Kier alpha value is -6.64. The Morgan fingerprint density at radius 3 is 1.49 bits per heavy atom. The molecule has 2 nitrogen and oxygen atoms in total. The zero-order valence-corrected chi connectivity index (χ0v) is 27.7. The summed E-state index contributed by atoms with van der Waals surface area (Å²) in [6.07, 6.45) is 0. The molecule has 0 amide bonds. The lowest BCUT2D eigenvalue weighted by molar-refractivity contribution is 0.795. The fourth-order valence-electron chi connectivity index (χ4n) is 9.02. The van der Waals surface area contributed by atoms with Crippen molar-refractivity contribution in [2.24, 2.45) is 0 Å². The summed E-state index contributed by atoms with van der Waals surface area (Å²) < 4.78 is 0. The SMILES string of the molecule is c1ccc(-c2cc(-c3ccccc3)nc(-c3cc4c(c5ccccc35)-c3c(ccc5ccccc35)C43c4ccccc4-c4ccccc43)n2)cc1. The topological polar surface area (TPSA) is 25.8 Å². The zero-order chi connectivity index (χ0) is 33.5. The smallest absolute Gasteiger partial charge is 0.161 e. The molecule has 51 heavy (non-hydrogen) atoms. The molecule has 0 bridgehead atoms. The van der Waals surface area contributed by atoms with Crippen LogP contribution in [0.5, 0.6) is 0 Å². The minimum Gasteiger partial charge on any atom is -0.228 e. The second-order valence-corrected chi connectivity index (χ2v) is 13.6. The highest BCUT2D eigenvalue weighted by Crippen LogP contribution is 2.65. The van der Waals surface area contributed by atoms with Crippen LogP contribution in [-0.4, -0.2) is 9.97 Å². The van der Waals surface area contributed by atoms with Gasteiger partial charge in [-0.3, -0.25) is 0 Å². The van der Waals surface area contributed by atoms with Gasteiger partial charge in [0.2, 0.25) is 0 Å². The lowest BCUT2D eigenvalue weighted by atomic mass is 9.70. The minimum absolute atomic E-state index is 0.500. The maximum absolute atomic E-state index is 5.37. The molecule has 8 aromatic carbocycles. The molecule has 236 valence electrons. The average Bonchev–Trinajstić information content (AvgIpc) is 3.69. The van der Waals surface area contributed by atoms with Crippen molar-refractivity contribution in [3.8, 4) is 56.2 Å². The summed E-state index contributed by atoms with van der Waals surface area (Å²) in [6, 6.07) is 65.9. The predicted octanol–water partition coefficient (Wildman–Crippen LogP) is 12.1. The lowest BCUT2D eigenvalue weighted by Crippen LogP contribution is -2.26. The monoisotopic (exact) mass is 646 g/mol. The molecule has 0 aliphatic heterocycles. The van der Waals surface area contributed by atoms with Gasteiger partial charge in [0.1, 0.15) is 0 Å². The van der Waals surface area contributed by atoms with Crippen LogP contribution in [0.2, 0.25) is 0 Å². The van der Waals surface area contributed by atoms with Crippen LogP contribution in [0.1, 0.15) is 22.3 Å². The molecule has 0 saturated heterocycles. The van der Waals surface area contributed by atoms with Gasteiger partial charge in [-0.2, -0.15) is 0 Å². The third kappa shape index (κ3) is 3.87. The summed E-state index contributed by atoms with van der Waals surface area (Å²) >= 11 is 0. The summed E-state index contributed by atoms with van der Waals surface area (Å²) in [5, 5.41) is 4.90. The Bertz CT molecular complexity index is 2750. The second-order valence-electron chi connectivity index (χ2n) is 13.6. The number of hydrogen-bond acceptors (Lipinski definition) is 2. The van der Waals surface area contributed by atoms with E-state index in [0.717, 1.165) is 39.3 Å². The van der Waals surface area contributed by atoms with E-state index in [2.05, 4.69) is 182 Å². The van der Waals surface area contributed by atoms with Crippen molar-refractivity contribution < 1.29 is 0 Å². The van der Waals surface area contributed by atoms with Crippen molar-refractivity contribution in [3.63, 3.8) is 0 Å². The third-order valence-electron chi connectivity index (χ3n) is 11.1. The van der Waals surface area contributed by atoms with E-state index < -0.39 is 5.41 Å². The molecule has 0 fully saturated rings. The quantitative estimate of drug-likeness (QED) is 0.191. The van der Waals surface area contributed by atoms with Crippen LogP contribution >= 0.6 is 0 Å². The molecule has 1 aromatic heterocycles. The number of fused-ring (bicyclic) bond motifs is 14. The molecular formula is C49H30N2. The van der Waals surface area contributed by atoms with Crippen molar-refractivity contribution in [2.75, 3.05) is 0 Å². The van der Waals surface area contributed by atoms with Crippen LogP contribution in [0, 0.1) is 0 Å². The summed E-state index contributed by atoms with van der Waals surface area (Å²) in [5.41, 5.74) is 15.0. The van der Waals surface area contributed by atoms with Crippen LogP contribution in [-0.2, 0) is 5.41 Å². The van der Waals surface area contributed by atoms with Gasteiger partial charge in [-0.05, 0) is 78.2 Å². The number of rotatable bonds is 3. The molecule has 2 aliphatic rings. The summed E-state index contributed by atoms with van der Waals surface area (Å²) in [7, 11) is 0. The fourth-order valence-corrected chi connectivity index (χ4v) is 9.02. The summed E-state index contributed by atoms with van der Waals surface area (Å²) in [6.45, 7) is 0. The first-order valence-electron chi connectivity index (χ1n) is 17.6. The first-order valence-corrected chi connectivity index (χ1v) is 17.6. The van der Waals surface area contributed by atoms with E-state index >= 15 is 0 Å². The standard InChI is InChI=1S/C49H30N2/c1-3-16-32(17-4-1)44-30-45(33-18-5-2-6-19-33)51-48(50-44)39-29-43-47(38-24-10-9-21-35(38)39)46-34-20-8-7-15-31(34)27-28-42(46)49(43)40-25-13-11-22-36(40)37-23-12-14-26-41(37)49/h1-30H. The highest BCUT2D eigenvalue weighted by atomic mass is 14.9. The van der Waals surface area contributed by atoms with Gasteiger partial charge in [-0.15, -0.1) is 0 Å². The van der Waals surface area contributed by atoms with Crippen LogP contribution in [0.25, 0.3) is 77.7 Å². The van der Waals surface area contributed by atoms with Crippen molar-refractivity contribution in [1.29, 1.82) is 0 Å². The van der Waals surface area contributed by atoms with Crippen molar-refractivity contribution in [2.45, 2.75) is 5.41 Å². The summed E-state index contributed by atoms with van der Waals surface area (Å²) in [4.78, 5) is 10.7. The highest BCUT2D eigenvalue weighted by molar-refractivity contribution is 6.16. The molecule has 0 atom stereocenters. The van der Waals surface area contributed by atoms with E-state index in [1.54, 1.807) is 0 Å². The summed E-state index contributed by atoms with van der Waals surface area (Å²) in [5.74, 6) is 0.727. The first kappa shape index (κ1) is 28.2. The Balaban J connectivity index is 1.31. The van der Waals surface area contributed by atoms with Crippen molar-refractivity contribution >= 4 is 21.5 Å². The van der Waals surface area contributed by atoms with Gasteiger partial charge in [0.25, 0.3) is 0 Å². The molecule has 1 spiro atoms. The van der Waals surface area contributed by atoms with Crippen LogP contribution in [0.4, 0.5) is 0 Å². The second kappa shape index (κ2) is 10.7. The van der Waals surface area contributed by atoms with E-state index in [-0.39, 0.29) is 0 Å². The molecule has 11 rings (SSSR count). The molecule has 0 saturated carbocycles. The van der Waals surface area contributed by atoms with Gasteiger partial charge >= 0.3 is 0 Å².